The molecule has 0 spiro atoms. The monoisotopic (exact) mass is 288 g/mol. The number of amides is 1. The Bertz CT molecular complexity index is 659. The summed E-state index contributed by atoms with van der Waals surface area (Å²) in [4.78, 5) is 26.5. The molecule has 0 aliphatic heterocycles. The average molecular weight is 288 g/mol. The Morgan fingerprint density at radius 1 is 1.25 bits per heavy atom. The quantitative estimate of drug-likeness (QED) is 0.906. The number of benzene rings is 1. The maximum Gasteiger partial charge on any atom is 0.365 e. The van der Waals surface area contributed by atoms with Crippen molar-refractivity contribution < 1.29 is 14.7 Å². The molecule has 20 heavy (non-hydrogen) atoms. The molecular weight excluding hydrogens is 276 g/mol. The van der Waals surface area contributed by atoms with Gasteiger partial charge in [0.05, 0.1) is 5.69 Å². The lowest BCUT2D eigenvalue weighted by Crippen LogP contribution is -2.12. The normalized spacial score (nSPS) is 14.0. The number of nitrogens with one attached hydrogen (secondary N) is 1. The summed E-state index contributed by atoms with van der Waals surface area (Å²) in [6.45, 7) is 0. The Hall–Kier alpha value is -2.21. The Kier molecular flexibility index (Phi) is 3.23. The highest BCUT2D eigenvalue weighted by atomic mass is 32.1. The highest BCUT2D eigenvalue weighted by Gasteiger charge is 2.29. The largest absolute Gasteiger partial charge is 0.476 e. The summed E-state index contributed by atoms with van der Waals surface area (Å²) in [6, 6.07) is 7.25. The van der Waals surface area contributed by atoms with Crippen molar-refractivity contribution in [1.29, 1.82) is 0 Å². The van der Waals surface area contributed by atoms with Gasteiger partial charge in [0.15, 0.2) is 0 Å². The number of thiazole rings is 1. The van der Waals surface area contributed by atoms with Gasteiger partial charge in [-0.1, -0.05) is 12.1 Å². The third kappa shape index (κ3) is 2.70. The summed E-state index contributed by atoms with van der Waals surface area (Å²) in [7, 11) is 0. The van der Waals surface area contributed by atoms with Gasteiger partial charge in [0.25, 0.3) is 0 Å². The predicted molar refractivity (Wildman–Crippen MR) is 75.9 cm³/mol. The molecule has 1 fully saturated rings. The minimum Gasteiger partial charge on any atom is -0.476 e. The molecule has 6 heteroatoms. The summed E-state index contributed by atoms with van der Waals surface area (Å²) in [5.74, 6) is -0.777. The van der Waals surface area contributed by atoms with Gasteiger partial charge in [0.2, 0.25) is 10.9 Å². The molecule has 1 heterocycles. The van der Waals surface area contributed by atoms with E-state index in [1.165, 1.54) is 0 Å². The number of carboxylic acids is 1. The summed E-state index contributed by atoms with van der Waals surface area (Å²) < 4.78 is 0. The molecule has 0 saturated heterocycles. The Balaban J connectivity index is 1.74. The third-order valence-corrected chi connectivity index (χ3v) is 3.91. The zero-order valence-corrected chi connectivity index (χ0v) is 11.3. The number of aromatic nitrogens is 1. The predicted octanol–water partition coefficient (Wildman–Crippen LogP) is 2.86. The lowest BCUT2D eigenvalue weighted by Gasteiger charge is -2.04. The van der Waals surface area contributed by atoms with Crippen molar-refractivity contribution in [2.75, 3.05) is 5.32 Å². The van der Waals surface area contributed by atoms with Crippen LogP contribution in [0.4, 0.5) is 5.69 Å². The van der Waals surface area contributed by atoms with Crippen LogP contribution in [-0.2, 0) is 4.79 Å². The molecule has 5 nitrogen and oxygen atoms in total. The van der Waals surface area contributed by atoms with Crippen molar-refractivity contribution in [1.82, 2.24) is 4.98 Å². The topological polar surface area (TPSA) is 79.3 Å². The van der Waals surface area contributed by atoms with Crippen LogP contribution in [0.1, 0.15) is 22.6 Å². The second-order valence-corrected chi connectivity index (χ2v) is 5.54. The van der Waals surface area contributed by atoms with E-state index in [-0.39, 0.29) is 16.8 Å². The molecule has 0 radical (unpaired) electrons. The Labute approximate surface area is 119 Å². The molecule has 1 aliphatic rings. The van der Waals surface area contributed by atoms with Crippen LogP contribution in [0.2, 0.25) is 0 Å². The van der Waals surface area contributed by atoms with E-state index in [9.17, 15) is 9.59 Å². The Morgan fingerprint density at radius 3 is 2.50 bits per heavy atom. The van der Waals surface area contributed by atoms with E-state index >= 15 is 0 Å². The van der Waals surface area contributed by atoms with Crippen molar-refractivity contribution in [2.24, 2.45) is 5.92 Å². The van der Waals surface area contributed by atoms with E-state index in [1.807, 2.05) is 12.1 Å². The highest BCUT2D eigenvalue weighted by molar-refractivity contribution is 7.11. The van der Waals surface area contributed by atoms with E-state index in [4.69, 9.17) is 5.11 Å². The lowest BCUT2D eigenvalue weighted by atomic mass is 10.1. The van der Waals surface area contributed by atoms with E-state index in [1.54, 1.807) is 17.5 Å². The van der Waals surface area contributed by atoms with Crippen LogP contribution >= 0.6 is 11.3 Å². The van der Waals surface area contributed by atoms with Crippen molar-refractivity contribution in [3.8, 4) is 11.3 Å². The summed E-state index contributed by atoms with van der Waals surface area (Å²) in [5, 5.41) is 13.5. The fourth-order valence-corrected chi connectivity index (χ4v) is 2.48. The van der Waals surface area contributed by atoms with Gasteiger partial charge in [0, 0.05) is 22.5 Å². The minimum atomic E-state index is -1.02. The number of aromatic carboxylic acids is 1. The summed E-state index contributed by atoms with van der Waals surface area (Å²) >= 11 is 1.10. The first kappa shape index (κ1) is 12.8. The molecule has 1 saturated carbocycles. The standard InChI is InChI=1S/C14H12N2O3S/c17-12(9-1-2-9)15-10-5-3-8(4-6-10)11-7-20-13(16-11)14(18)19/h3-7,9H,1-2H2,(H,15,17)(H,18,19). The molecule has 1 aromatic heterocycles. The SMILES string of the molecule is O=C(O)c1nc(-c2ccc(NC(=O)C3CC3)cc2)cs1. The maximum atomic E-state index is 11.6. The number of carbonyl (C=O) groups is 2. The van der Waals surface area contributed by atoms with Crippen LogP contribution < -0.4 is 5.32 Å². The van der Waals surface area contributed by atoms with Crippen LogP contribution in [0, 0.1) is 5.92 Å². The summed E-state index contributed by atoms with van der Waals surface area (Å²) in [5.41, 5.74) is 2.21. The Morgan fingerprint density at radius 2 is 1.95 bits per heavy atom. The number of hydrogen-bond donors (Lipinski definition) is 2. The number of carboxylic acid groups (broad SMARTS) is 1. The van der Waals surface area contributed by atoms with Gasteiger partial charge in [0.1, 0.15) is 0 Å². The van der Waals surface area contributed by atoms with Crippen molar-refractivity contribution >= 4 is 28.9 Å². The number of hydrogen-bond acceptors (Lipinski definition) is 4. The molecule has 0 bridgehead atoms. The van der Waals surface area contributed by atoms with Gasteiger partial charge < -0.3 is 10.4 Å². The minimum absolute atomic E-state index is 0.0690. The second-order valence-electron chi connectivity index (χ2n) is 4.68. The van der Waals surface area contributed by atoms with E-state index in [0.29, 0.717) is 5.69 Å². The molecule has 102 valence electrons. The van der Waals surface area contributed by atoms with Crippen molar-refractivity contribution in [3.63, 3.8) is 0 Å². The van der Waals surface area contributed by atoms with Crippen LogP contribution in [0.25, 0.3) is 11.3 Å². The summed E-state index contributed by atoms with van der Waals surface area (Å²) in [6.07, 6.45) is 1.95. The van der Waals surface area contributed by atoms with Crippen LogP contribution in [0.15, 0.2) is 29.6 Å². The molecule has 0 unspecified atom stereocenters. The van der Waals surface area contributed by atoms with Crippen LogP contribution in [0.3, 0.4) is 0 Å². The highest BCUT2D eigenvalue weighted by Crippen LogP contribution is 2.30. The van der Waals surface area contributed by atoms with Crippen LogP contribution in [-0.4, -0.2) is 22.0 Å². The van der Waals surface area contributed by atoms with E-state index < -0.39 is 5.97 Å². The fourth-order valence-electron chi connectivity index (χ4n) is 1.82. The zero-order chi connectivity index (χ0) is 14.1. The molecule has 2 aromatic rings. The van der Waals surface area contributed by atoms with Gasteiger partial charge >= 0.3 is 5.97 Å². The number of anilines is 1. The zero-order valence-electron chi connectivity index (χ0n) is 10.5. The van der Waals surface area contributed by atoms with Gasteiger partial charge in [-0.2, -0.15) is 0 Å². The van der Waals surface area contributed by atoms with E-state index in [0.717, 1.165) is 35.4 Å². The molecule has 1 amide bonds. The molecule has 1 aliphatic carbocycles. The van der Waals surface area contributed by atoms with Gasteiger partial charge in [-0.15, -0.1) is 11.3 Å². The molecule has 1 aromatic carbocycles. The average Bonchev–Trinajstić information content (AvgIpc) is 3.17. The van der Waals surface area contributed by atoms with Gasteiger partial charge in [-0.25, -0.2) is 9.78 Å². The first-order valence-corrected chi connectivity index (χ1v) is 7.11. The fraction of sp³-hybridized carbons (Fsp3) is 0.214. The molecule has 0 atom stereocenters. The van der Waals surface area contributed by atoms with Gasteiger partial charge in [-0.3, -0.25) is 4.79 Å². The molecule has 2 N–H and O–H groups in total. The van der Waals surface area contributed by atoms with Crippen molar-refractivity contribution in [2.45, 2.75) is 12.8 Å². The maximum absolute atomic E-state index is 11.6. The second kappa shape index (κ2) is 5.05. The molecular formula is C14H12N2O3S. The number of rotatable bonds is 4. The third-order valence-electron chi connectivity index (χ3n) is 3.08. The number of carbonyl (C=O) groups excluding carboxylic acids is 1. The smallest absolute Gasteiger partial charge is 0.365 e. The number of nitrogens with zero attached hydrogens (tertiary/aromatic N) is 1. The lowest BCUT2D eigenvalue weighted by molar-refractivity contribution is -0.117. The first-order chi connectivity index (χ1) is 9.63. The van der Waals surface area contributed by atoms with Crippen molar-refractivity contribution in [3.05, 3.63) is 34.7 Å². The van der Waals surface area contributed by atoms with Crippen LogP contribution in [0.5, 0.6) is 0 Å². The molecule has 3 rings (SSSR count). The van der Waals surface area contributed by atoms with Gasteiger partial charge in [-0.05, 0) is 25.0 Å². The first-order valence-electron chi connectivity index (χ1n) is 6.23. The van der Waals surface area contributed by atoms with E-state index in [2.05, 4.69) is 10.3 Å².